The number of benzene rings is 2. The zero-order chi connectivity index (χ0) is 18.0. The van der Waals surface area contributed by atoms with Gasteiger partial charge >= 0.3 is 5.97 Å². The molecule has 0 saturated heterocycles. The van der Waals surface area contributed by atoms with Crippen LogP contribution in [-0.2, 0) is 26.3 Å². The number of para-hydroxylation sites is 1. The number of carboxylic acid groups (broad SMARTS) is 1. The third-order valence-electron chi connectivity index (χ3n) is 4.28. The van der Waals surface area contributed by atoms with E-state index in [-0.39, 0.29) is 6.42 Å². The topological polar surface area (TPSA) is 95.5 Å². The van der Waals surface area contributed by atoms with Crippen molar-refractivity contribution in [3.05, 3.63) is 65.2 Å². The molecule has 0 spiro atoms. The molecule has 6 heteroatoms. The number of carbonyl (C=O) groups is 3. The lowest BCUT2D eigenvalue weighted by atomic mass is 9.87. The number of hydrogen-bond donors (Lipinski definition) is 3. The van der Waals surface area contributed by atoms with Gasteiger partial charge in [0.15, 0.2) is 5.54 Å². The first kappa shape index (κ1) is 16.7. The summed E-state index contributed by atoms with van der Waals surface area (Å²) in [5.41, 5.74) is 1.27. The fourth-order valence-corrected chi connectivity index (χ4v) is 3.06. The van der Waals surface area contributed by atoms with Crippen LogP contribution in [-0.4, -0.2) is 22.9 Å². The first-order chi connectivity index (χ1) is 11.9. The largest absolute Gasteiger partial charge is 0.481 e. The van der Waals surface area contributed by atoms with Crippen LogP contribution in [0, 0.1) is 6.92 Å². The third kappa shape index (κ3) is 3.24. The van der Waals surface area contributed by atoms with Gasteiger partial charge in [-0.15, -0.1) is 0 Å². The predicted molar refractivity (Wildman–Crippen MR) is 92.0 cm³/mol. The van der Waals surface area contributed by atoms with Gasteiger partial charge in [0.05, 0.1) is 12.8 Å². The lowest BCUT2D eigenvalue weighted by Crippen LogP contribution is -2.52. The van der Waals surface area contributed by atoms with E-state index >= 15 is 0 Å². The zero-order valence-corrected chi connectivity index (χ0v) is 13.7. The number of carboxylic acids is 1. The highest BCUT2D eigenvalue weighted by Gasteiger charge is 2.49. The highest BCUT2D eigenvalue weighted by Crippen LogP contribution is 2.38. The Balaban J connectivity index is 1.89. The molecule has 0 fully saturated rings. The summed E-state index contributed by atoms with van der Waals surface area (Å²) in [5.74, 6) is -2.10. The summed E-state index contributed by atoms with van der Waals surface area (Å²) in [4.78, 5) is 36.4. The summed E-state index contributed by atoms with van der Waals surface area (Å²) in [6.07, 6.45) is -0.452. The molecule has 0 unspecified atom stereocenters. The average molecular weight is 338 g/mol. The van der Waals surface area contributed by atoms with Crippen LogP contribution in [0.25, 0.3) is 0 Å². The van der Waals surface area contributed by atoms with E-state index in [0.717, 1.165) is 11.1 Å². The Morgan fingerprint density at radius 3 is 2.48 bits per heavy atom. The number of aliphatic carboxylic acids is 1. The summed E-state index contributed by atoms with van der Waals surface area (Å²) >= 11 is 0. The van der Waals surface area contributed by atoms with Crippen molar-refractivity contribution in [3.63, 3.8) is 0 Å². The van der Waals surface area contributed by atoms with Crippen molar-refractivity contribution in [1.29, 1.82) is 0 Å². The molecule has 0 aliphatic carbocycles. The van der Waals surface area contributed by atoms with Crippen molar-refractivity contribution in [2.45, 2.75) is 25.3 Å². The van der Waals surface area contributed by atoms with Crippen LogP contribution in [0.2, 0.25) is 0 Å². The maximum Gasteiger partial charge on any atom is 0.306 e. The normalized spacial score (nSPS) is 18.4. The van der Waals surface area contributed by atoms with Crippen molar-refractivity contribution in [1.82, 2.24) is 5.32 Å². The Labute approximate surface area is 144 Å². The van der Waals surface area contributed by atoms with Gasteiger partial charge in [-0.25, -0.2) is 0 Å². The van der Waals surface area contributed by atoms with Crippen LogP contribution in [0.5, 0.6) is 0 Å². The van der Waals surface area contributed by atoms with Gasteiger partial charge < -0.3 is 15.7 Å². The van der Waals surface area contributed by atoms with E-state index in [4.69, 9.17) is 0 Å². The number of amides is 2. The quantitative estimate of drug-likeness (QED) is 0.777. The lowest BCUT2D eigenvalue weighted by Gasteiger charge is -2.27. The molecule has 128 valence electrons. The van der Waals surface area contributed by atoms with Crippen LogP contribution in [0.3, 0.4) is 0 Å². The Kier molecular flexibility index (Phi) is 4.27. The number of hydrogen-bond acceptors (Lipinski definition) is 3. The summed E-state index contributed by atoms with van der Waals surface area (Å²) in [5, 5.41) is 14.6. The van der Waals surface area contributed by atoms with Crippen molar-refractivity contribution in [3.8, 4) is 0 Å². The van der Waals surface area contributed by atoms with Gasteiger partial charge in [0.2, 0.25) is 5.91 Å². The van der Waals surface area contributed by atoms with E-state index in [9.17, 15) is 19.5 Å². The Morgan fingerprint density at radius 2 is 1.80 bits per heavy atom. The Bertz CT molecular complexity index is 845. The molecule has 1 aliphatic rings. The summed E-state index contributed by atoms with van der Waals surface area (Å²) in [6.45, 7) is 1.95. The van der Waals surface area contributed by atoms with E-state index in [2.05, 4.69) is 10.6 Å². The second-order valence-electron chi connectivity index (χ2n) is 6.19. The van der Waals surface area contributed by atoms with Crippen LogP contribution < -0.4 is 10.6 Å². The summed E-state index contributed by atoms with van der Waals surface area (Å²) in [6, 6.07) is 14.3. The number of anilines is 1. The van der Waals surface area contributed by atoms with E-state index in [1.54, 1.807) is 24.3 Å². The molecule has 2 amide bonds. The summed E-state index contributed by atoms with van der Waals surface area (Å²) < 4.78 is 0. The Morgan fingerprint density at radius 1 is 1.12 bits per heavy atom. The average Bonchev–Trinajstić information content (AvgIpc) is 2.81. The van der Waals surface area contributed by atoms with Gasteiger partial charge in [-0.2, -0.15) is 0 Å². The van der Waals surface area contributed by atoms with Crippen LogP contribution >= 0.6 is 0 Å². The third-order valence-corrected chi connectivity index (χ3v) is 4.28. The van der Waals surface area contributed by atoms with E-state index in [0.29, 0.717) is 11.3 Å². The molecule has 0 saturated carbocycles. The minimum absolute atomic E-state index is 0.0666. The molecule has 1 aliphatic heterocycles. The zero-order valence-electron chi connectivity index (χ0n) is 13.7. The van der Waals surface area contributed by atoms with Crippen molar-refractivity contribution in [2.24, 2.45) is 0 Å². The number of nitrogens with one attached hydrogen (secondary N) is 2. The highest BCUT2D eigenvalue weighted by molar-refractivity contribution is 6.09. The number of rotatable bonds is 5. The molecular formula is C19H18N2O4. The molecule has 0 bridgehead atoms. The fraction of sp³-hybridized carbons (Fsp3) is 0.211. The lowest BCUT2D eigenvalue weighted by molar-refractivity contribution is -0.142. The second kappa shape index (κ2) is 6.39. The van der Waals surface area contributed by atoms with Crippen LogP contribution in [0.15, 0.2) is 48.5 Å². The molecule has 6 nitrogen and oxygen atoms in total. The van der Waals surface area contributed by atoms with Gasteiger partial charge in [0.1, 0.15) is 0 Å². The molecule has 1 atom stereocenters. The smallest absolute Gasteiger partial charge is 0.306 e. The number of aryl methyl sites for hydroxylation is 1. The first-order valence-electron chi connectivity index (χ1n) is 7.90. The minimum Gasteiger partial charge on any atom is -0.481 e. The predicted octanol–water partition coefficient (Wildman–Crippen LogP) is 1.98. The molecule has 0 radical (unpaired) electrons. The van der Waals surface area contributed by atoms with E-state index in [1.165, 1.54) is 0 Å². The van der Waals surface area contributed by atoms with Gasteiger partial charge in [-0.3, -0.25) is 14.4 Å². The molecule has 25 heavy (non-hydrogen) atoms. The van der Waals surface area contributed by atoms with Gasteiger partial charge in [-0.05, 0) is 18.6 Å². The SMILES string of the molecule is Cc1ccc(CC(=O)N[C@]2(CC(=O)O)C(=O)Nc3ccccc32)cc1. The maximum absolute atomic E-state index is 12.5. The number of carbonyl (C=O) groups excluding carboxylic acids is 2. The second-order valence-corrected chi connectivity index (χ2v) is 6.19. The molecule has 2 aromatic carbocycles. The van der Waals surface area contributed by atoms with Gasteiger partial charge in [0, 0.05) is 11.3 Å². The van der Waals surface area contributed by atoms with Crippen molar-refractivity contribution >= 4 is 23.5 Å². The minimum atomic E-state index is -1.59. The van der Waals surface area contributed by atoms with Crippen LogP contribution in [0.1, 0.15) is 23.1 Å². The monoisotopic (exact) mass is 338 g/mol. The molecule has 0 aromatic heterocycles. The fourth-order valence-electron chi connectivity index (χ4n) is 3.06. The van der Waals surface area contributed by atoms with E-state index in [1.807, 2.05) is 31.2 Å². The molecule has 1 heterocycles. The summed E-state index contributed by atoms with van der Waals surface area (Å²) in [7, 11) is 0. The maximum atomic E-state index is 12.5. The van der Waals surface area contributed by atoms with E-state index < -0.39 is 29.7 Å². The highest BCUT2D eigenvalue weighted by atomic mass is 16.4. The van der Waals surface area contributed by atoms with Crippen LogP contribution in [0.4, 0.5) is 5.69 Å². The molecule has 2 aromatic rings. The Hall–Kier alpha value is -3.15. The first-order valence-corrected chi connectivity index (χ1v) is 7.90. The van der Waals surface area contributed by atoms with Crippen molar-refractivity contribution < 1.29 is 19.5 Å². The van der Waals surface area contributed by atoms with Crippen molar-refractivity contribution in [2.75, 3.05) is 5.32 Å². The van der Waals surface area contributed by atoms with Gasteiger partial charge in [-0.1, -0.05) is 48.0 Å². The molecule has 3 N–H and O–H groups in total. The number of fused-ring (bicyclic) bond motifs is 1. The molecular weight excluding hydrogens is 320 g/mol. The van der Waals surface area contributed by atoms with Gasteiger partial charge in [0.25, 0.3) is 5.91 Å². The standard InChI is InChI=1S/C19H18N2O4/c1-12-6-8-13(9-7-12)10-16(22)21-19(11-17(23)24)14-4-2-3-5-15(14)20-18(19)25/h2-9H,10-11H2,1H3,(H,20,25)(H,21,22)(H,23,24)/t19-/m0/s1. The molecule has 3 rings (SSSR count).